The van der Waals surface area contributed by atoms with Crippen LogP contribution in [0.2, 0.25) is 0 Å². The van der Waals surface area contributed by atoms with Crippen LogP contribution in [0.1, 0.15) is 38.6 Å². The highest BCUT2D eigenvalue weighted by molar-refractivity contribution is 5.05. The lowest BCUT2D eigenvalue weighted by Gasteiger charge is -2.25. The summed E-state index contributed by atoms with van der Waals surface area (Å²) in [7, 11) is 1.91. The van der Waals surface area contributed by atoms with Crippen LogP contribution in [0.3, 0.4) is 0 Å². The molecule has 0 aromatic carbocycles. The van der Waals surface area contributed by atoms with E-state index in [-0.39, 0.29) is 0 Å². The fourth-order valence-corrected chi connectivity index (χ4v) is 1.73. The summed E-state index contributed by atoms with van der Waals surface area (Å²) in [4.78, 5) is 2.39. The van der Waals surface area contributed by atoms with Gasteiger partial charge in [-0.15, -0.1) is 0 Å². The second-order valence-corrected chi connectivity index (χ2v) is 4.14. The molecule has 92 valence electrons. The number of nitrogens with one attached hydrogen (secondary N) is 1. The van der Waals surface area contributed by atoms with Gasteiger partial charge in [-0.3, -0.25) is 4.90 Å². The molecule has 0 bridgehead atoms. The Morgan fingerprint density at radius 1 is 1.50 bits per heavy atom. The second-order valence-electron chi connectivity index (χ2n) is 4.14. The Hall–Kier alpha value is -0.870. The lowest BCUT2D eigenvalue weighted by Crippen LogP contribution is -2.31. The topological polar surface area (TPSA) is 41.3 Å². The molecule has 4 heteroatoms. The summed E-state index contributed by atoms with van der Waals surface area (Å²) in [5, 5.41) is 7.08. The number of hydrogen-bond donors (Lipinski definition) is 1. The van der Waals surface area contributed by atoms with Crippen LogP contribution in [0.4, 0.5) is 0 Å². The van der Waals surface area contributed by atoms with Crippen LogP contribution in [-0.2, 0) is 13.1 Å². The zero-order valence-electron chi connectivity index (χ0n) is 10.8. The highest BCUT2D eigenvalue weighted by Crippen LogP contribution is 2.11. The Balaban J connectivity index is 2.56. The van der Waals surface area contributed by atoms with Crippen molar-refractivity contribution < 1.29 is 4.52 Å². The van der Waals surface area contributed by atoms with Gasteiger partial charge in [-0.05, 0) is 26.9 Å². The van der Waals surface area contributed by atoms with Crippen LogP contribution in [0.5, 0.6) is 0 Å². The maximum Gasteiger partial charge on any atom is 0.151 e. The molecule has 0 saturated carbocycles. The van der Waals surface area contributed by atoms with E-state index >= 15 is 0 Å². The van der Waals surface area contributed by atoms with Gasteiger partial charge in [0.15, 0.2) is 5.76 Å². The van der Waals surface area contributed by atoms with Crippen molar-refractivity contribution in [3.8, 4) is 0 Å². The number of nitrogens with zero attached hydrogens (tertiary/aromatic N) is 2. The number of aromatic nitrogens is 1. The molecule has 1 N–H and O–H groups in total. The molecule has 1 aromatic heterocycles. The molecule has 0 spiro atoms. The minimum atomic E-state index is 0.586. The van der Waals surface area contributed by atoms with Crippen LogP contribution < -0.4 is 5.32 Å². The summed E-state index contributed by atoms with van der Waals surface area (Å²) in [6, 6.07) is 2.62. The molecule has 1 unspecified atom stereocenters. The maximum absolute atomic E-state index is 5.31. The van der Waals surface area contributed by atoms with Crippen LogP contribution in [0.15, 0.2) is 10.6 Å². The van der Waals surface area contributed by atoms with Crippen molar-refractivity contribution in [1.29, 1.82) is 0 Å². The van der Waals surface area contributed by atoms with Crippen molar-refractivity contribution in [2.45, 2.75) is 46.3 Å². The first-order valence-electron chi connectivity index (χ1n) is 6.04. The van der Waals surface area contributed by atoms with E-state index in [4.69, 9.17) is 4.52 Å². The van der Waals surface area contributed by atoms with Gasteiger partial charge in [0.1, 0.15) is 0 Å². The molecule has 0 aliphatic carbocycles. The third-order valence-corrected chi connectivity index (χ3v) is 2.94. The Morgan fingerprint density at radius 2 is 2.25 bits per heavy atom. The van der Waals surface area contributed by atoms with E-state index in [1.165, 1.54) is 0 Å². The standard InChI is InChI=1S/C12H23N3O/c1-5-10(3)15(6-2)9-12-7-11(8-13-4)14-16-12/h7,10,13H,5-6,8-9H2,1-4H3. The minimum absolute atomic E-state index is 0.586. The third-order valence-electron chi connectivity index (χ3n) is 2.94. The van der Waals surface area contributed by atoms with Gasteiger partial charge in [0.25, 0.3) is 0 Å². The van der Waals surface area contributed by atoms with Crippen LogP contribution >= 0.6 is 0 Å². The van der Waals surface area contributed by atoms with E-state index < -0.39 is 0 Å². The molecule has 1 atom stereocenters. The molecule has 0 aliphatic heterocycles. The van der Waals surface area contributed by atoms with Gasteiger partial charge in [-0.2, -0.15) is 0 Å². The summed E-state index contributed by atoms with van der Waals surface area (Å²) >= 11 is 0. The van der Waals surface area contributed by atoms with Crippen molar-refractivity contribution in [1.82, 2.24) is 15.4 Å². The summed E-state index contributed by atoms with van der Waals surface area (Å²) in [6.45, 7) is 9.28. The quantitative estimate of drug-likeness (QED) is 0.770. The zero-order valence-corrected chi connectivity index (χ0v) is 10.8. The highest BCUT2D eigenvalue weighted by Gasteiger charge is 2.13. The Bertz CT molecular complexity index is 298. The van der Waals surface area contributed by atoms with E-state index in [9.17, 15) is 0 Å². The van der Waals surface area contributed by atoms with Gasteiger partial charge in [0.2, 0.25) is 0 Å². The van der Waals surface area contributed by atoms with Gasteiger partial charge in [0.05, 0.1) is 12.2 Å². The molecular weight excluding hydrogens is 202 g/mol. The largest absolute Gasteiger partial charge is 0.360 e. The fraction of sp³-hybridized carbons (Fsp3) is 0.750. The monoisotopic (exact) mass is 225 g/mol. The molecular formula is C12H23N3O. The van der Waals surface area contributed by atoms with Crippen LogP contribution in [-0.4, -0.2) is 29.7 Å². The minimum Gasteiger partial charge on any atom is -0.360 e. The lowest BCUT2D eigenvalue weighted by atomic mass is 10.2. The first kappa shape index (κ1) is 13.2. The van der Waals surface area contributed by atoms with Crippen molar-refractivity contribution in [2.75, 3.05) is 13.6 Å². The molecule has 0 aliphatic rings. The number of hydrogen-bond acceptors (Lipinski definition) is 4. The predicted molar refractivity (Wildman–Crippen MR) is 65.1 cm³/mol. The summed E-state index contributed by atoms with van der Waals surface area (Å²) in [6.07, 6.45) is 1.16. The lowest BCUT2D eigenvalue weighted by molar-refractivity contribution is 0.183. The fourth-order valence-electron chi connectivity index (χ4n) is 1.73. The van der Waals surface area contributed by atoms with Gasteiger partial charge in [0, 0.05) is 18.7 Å². The molecule has 0 amide bonds. The van der Waals surface area contributed by atoms with Gasteiger partial charge < -0.3 is 9.84 Å². The Kier molecular flexibility index (Phi) is 5.49. The third kappa shape index (κ3) is 3.61. The number of rotatable bonds is 7. The summed E-state index contributed by atoms with van der Waals surface area (Å²) in [5.41, 5.74) is 0.970. The molecule has 0 radical (unpaired) electrons. The maximum atomic E-state index is 5.31. The van der Waals surface area contributed by atoms with Crippen molar-refractivity contribution in [3.63, 3.8) is 0 Å². The Morgan fingerprint density at radius 3 is 2.81 bits per heavy atom. The normalized spacial score (nSPS) is 13.3. The Labute approximate surface area is 98.0 Å². The highest BCUT2D eigenvalue weighted by atomic mass is 16.5. The van der Waals surface area contributed by atoms with E-state index in [0.29, 0.717) is 6.04 Å². The van der Waals surface area contributed by atoms with E-state index in [0.717, 1.165) is 37.5 Å². The molecule has 1 heterocycles. The van der Waals surface area contributed by atoms with Gasteiger partial charge >= 0.3 is 0 Å². The first-order chi connectivity index (χ1) is 7.71. The van der Waals surface area contributed by atoms with Crippen LogP contribution in [0, 0.1) is 0 Å². The van der Waals surface area contributed by atoms with Crippen LogP contribution in [0.25, 0.3) is 0 Å². The van der Waals surface area contributed by atoms with E-state index in [2.05, 4.69) is 36.1 Å². The van der Waals surface area contributed by atoms with Crippen molar-refractivity contribution in [3.05, 3.63) is 17.5 Å². The molecule has 4 nitrogen and oxygen atoms in total. The summed E-state index contributed by atoms with van der Waals surface area (Å²) < 4.78 is 5.31. The average molecular weight is 225 g/mol. The molecule has 1 aromatic rings. The SMILES string of the molecule is CCC(C)N(CC)Cc1cc(CNC)no1. The first-order valence-corrected chi connectivity index (χ1v) is 6.04. The van der Waals surface area contributed by atoms with Crippen molar-refractivity contribution in [2.24, 2.45) is 0 Å². The molecule has 0 fully saturated rings. The molecule has 0 saturated heterocycles. The predicted octanol–water partition coefficient (Wildman–Crippen LogP) is 2.01. The molecule has 16 heavy (non-hydrogen) atoms. The smallest absolute Gasteiger partial charge is 0.151 e. The van der Waals surface area contributed by atoms with Crippen molar-refractivity contribution >= 4 is 0 Å². The second kappa shape index (κ2) is 6.66. The van der Waals surface area contributed by atoms with E-state index in [1.54, 1.807) is 0 Å². The zero-order chi connectivity index (χ0) is 12.0. The summed E-state index contributed by atoms with van der Waals surface area (Å²) in [5.74, 6) is 0.951. The molecule has 1 rings (SSSR count). The van der Waals surface area contributed by atoms with Gasteiger partial charge in [-0.1, -0.05) is 19.0 Å². The van der Waals surface area contributed by atoms with E-state index in [1.807, 2.05) is 13.1 Å². The van der Waals surface area contributed by atoms with Gasteiger partial charge in [-0.25, -0.2) is 0 Å². The average Bonchev–Trinajstić information content (AvgIpc) is 2.73.